The Bertz CT molecular complexity index is 844. The van der Waals surface area contributed by atoms with E-state index in [1.54, 1.807) is 17.2 Å². The Balaban J connectivity index is 1.73. The van der Waals surface area contributed by atoms with Crippen molar-refractivity contribution in [1.29, 1.82) is 0 Å². The summed E-state index contributed by atoms with van der Waals surface area (Å²) in [5.74, 6) is 1.31. The van der Waals surface area contributed by atoms with Gasteiger partial charge in [-0.2, -0.15) is 5.10 Å². The number of fused-ring (bicyclic) bond motifs is 1. The van der Waals surface area contributed by atoms with E-state index in [0.717, 1.165) is 49.5 Å². The first kappa shape index (κ1) is 18.5. The van der Waals surface area contributed by atoms with E-state index in [2.05, 4.69) is 9.67 Å². The van der Waals surface area contributed by atoms with Gasteiger partial charge in [-0.05, 0) is 25.0 Å². The van der Waals surface area contributed by atoms with Crippen LogP contribution >= 0.6 is 0 Å². The van der Waals surface area contributed by atoms with Crippen molar-refractivity contribution >= 4 is 23.4 Å². The topological polar surface area (TPSA) is 98.7 Å². The number of hydrogen-bond donors (Lipinski definition) is 1. The highest BCUT2D eigenvalue weighted by Crippen LogP contribution is 2.35. The van der Waals surface area contributed by atoms with E-state index < -0.39 is 0 Å². The number of nitrogen functional groups attached to an aromatic ring is 1. The van der Waals surface area contributed by atoms with Crippen LogP contribution in [0.1, 0.15) is 30.1 Å². The molecule has 4 rings (SSSR count). The van der Waals surface area contributed by atoms with Gasteiger partial charge in [-0.15, -0.1) is 0 Å². The van der Waals surface area contributed by atoms with E-state index in [0.29, 0.717) is 24.9 Å². The average molecular weight is 386 g/mol. The van der Waals surface area contributed by atoms with E-state index in [1.165, 1.54) is 12.8 Å². The number of amides is 1. The molecule has 9 nitrogen and oxygen atoms in total. The van der Waals surface area contributed by atoms with Crippen LogP contribution in [-0.2, 0) is 22.4 Å². The van der Waals surface area contributed by atoms with Gasteiger partial charge in [0.1, 0.15) is 5.82 Å². The number of anilines is 3. The number of aromatic nitrogens is 3. The Morgan fingerprint density at radius 3 is 2.82 bits per heavy atom. The van der Waals surface area contributed by atoms with E-state index in [4.69, 9.17) is 20.3 Å². The lowest BCUT2D eigenvalue weighted by molar-refractivity contribution is 0.0649. The quantitative estimate of drug-likeness (QED) is 0.862. The predicted molar refractivity (Wildman–Crippen MR) is 105 cm³/mol. The van der Waals surface area contributed by atoms with Crippen molar-refractivity contribution in [3.63, 3.8) is 0 Å². The molecule has 2 aliphatic heterocycles. The number of carbonyl (C=O) groups is 1. The minimum absolute atomic E-state index is 0.313. The van der Waals surface area contributed by atoms with Gasteiger partial charge in [0.25, 0.3) is 0 Å². The van der Waals surface area contributed by atoms with Gasteiger partial charge in [0, 0.05) is 44.5 Å². The maximum atomic E-state index is 12.1. The van der Waals surface area contributed by atoms with Gasteiger partial charge in [-0.3, -0.25) is 4.68 Å². The van der Waals surface area contributed by atoms with Crippen LogP contribution in [0.2, 0.25) is 0 Å². The molecule has 0 atom stereocenters. The Morgan fingerprint density at radius 2 is 2.14 bits per heavy atom. The maximum Gasteiger partial charge on any atom is 0.409 e. The van der Waals surface area contributed by atoms with Gasteiger partial charge in [0.2, 0.25) is 0 Å². The minimum Gasteiger partial charge on any atom is -0.453 e. The summed E-state index contributed by atoms with van der Waals surface area (Å²) in [6.07, 6.45) is 4.06. The molecule has 150 valence electrons. The first-order chi connectivity index (χ1) is 13.6. The number of rotatable bonds is 3. The van der Waals surface area contributed by atoms with Crippen LogP contribution in [-0.4, -0.2) is 59.7 Å². The number of ether oxygens (including phenoxy) is 2. The molecule has 0 aromatic carbocycles. The average Bonchev–Trinajstić information content (AvgIpc) is 3.12. The number of pyridine rings is 1. The summed E-state index contributed by atoms with van der Waals surface area (Å²) in [4.78, 5) is 20.0. The third-order valence-corrected chi connectivity index (χ3v) is 5.51. The fraction of sp³-hybridized carbons (Fsp3) is 0.526. The van der Waals surface area contributed by atoms with Gasteiger partial charge in [-0.1, -0.05) is 0 Å². The highest BCUT2D eigenvalue weighted by Gasteiger charge is 2.32. The fourth-order valence-electron chi connectivity index (χ4n) is 3.93. The smallest absolute Gasteiger partial charge is 0.409 e. The first-order valence-electron chi connectivity index (χ1n) is 9.54. The van der Waals surface area contributed by atoms with Crippen LogP contribution in [0.5, 0.6) is 0 Å². The zero-order valence-corrected chi connectivity index (χ0v) is 16.3. The predicted octanol–water partition coefficient (Wildman–Crippen LogP) is 2.10. The molecule has 0 aliphatic carbocycles. The fourth-order valence-corrected chi connectivity index (χ4v) is 3.93. The number of methoxy groups -OCH3 is 1. The molecule has 2 N–H and O–H groups in total. The molecule has 2 aliphatic rings. The van der Waals surface area contributed by atoms with Crippen molar-refractivity contribution in [3.8, 4) is 0 Å². The third-order valence-electron chi connectivity index (χ3n) is 5.51. The van der Waals surface area contributed by atoms with Gasteiger partial charge in [-0.25, -0.2) is 9.78 Å². The monoisotopic (exact) mass is 386 g/mol. The third kappa shape index (κ3) is 3.37. The van der Waals surface area contributed by atoms with Crippen LogP contribution < -0.4 is 10.6 Å². The standard InChI is InChI=1S/C19H26N6O3/c1-23(14-3-4-17(20)21-11-14)18-15-12-24(19(26)27-2)8-5-16(15)25(22-18)13-6-9-28-10-7-13/h3-4,11,13H,5-10,12H2,1-2H3,(H2,20,21). The number of carbonyl (C=O) groups excluding carboxylic acids is 1. The molecular formula is C19H26N6O3. The molecule has 0 bridgehead atoms. The molecule has 1 saturated heterocycles. The van der Waals surface area contributed by atoms with Crippen molar-refractivity contribution < 1.29 is 14.3 Å². The second-order valence-corrected chi connectivity index (χ2v) is 7.18. The van der Waals surface area contributed by atoms with Crippen molar-refractivity contribution in [3.05, 3.63) is 29.6 Å². The summed E-state index contributed by atoms with van der Waals surface area (Å²) in [5, 5.41) is 4.98. The highest BCUT2D eigenvalue weighted by atomic mass is 16.5. The second-order valence-electron chi connectivity index (χ2n) is 7.18. The summed E-state index contributed by atoms with van der Waals surface area (Å²) >= 11 is 0. The van der Waals surface area contributed by atoms with Gasteiger partial charge in [0.15, 0.2) is 5.82 Å². The molecule has 1 amide bonds. The van der Waals surface area contributed by atoms with E-state index in [1.807, 2.05) is 18.0 Å². The Labute approximate surface area is 164 Å². The molecular weight excluding hydrogens is 360 g/mol. The molecule has 2 aromatic rings. The van der Waals surface area contributed by atoms with Crippen LogP contribution in [0, 0.1) is 0 Å². The van der Waals surface area contributed by atoms with Crippen molar-refractivity contribution in [2.24, 2.45) is 0 Å². The molecule has 0 saturated carbocycles. The lowest BCUT2D eigenvalue weighted by Gasteiger charge is -2.29. The van der Waals surface area contributed by atoms with Gasteiger partial charge < -0.3 is 25.0 Å². The summed E-state index contributed by atoms with van der Waals surface area (Å²) in [5.41, 5.74) is 8.87. The number of nitrogens with zero attached hydrogens (tertiary/aromatic N) is 5. The normalized spacial score (nSPS) is 17.3. The molecule has 4 heterocycles. The SMILES string of the molecule is COC(=O)N1CCc2c(c(N(C)c3ccc(N)nc3)nn2C2CCOCC2)C1. The van der Waals surface area contributed by atoms with Crippen molar-refractivity contribution in [2.45, 2.75) is 31.8 Å². The lowest BCUT2D eigenvalue weighted by atomic mass is 10.0. The Hall–Kier alpha value is -2.81. The number of hydrogen-bond acceptors (Lipinski definition) is 7. The summed E-state index contributed by atoms with van der Waals surface area (Å²) in [6, 6.07) is 4.01. The summed E-state index contributed by atoms with van der Waals surface area (Å²) in [6.45, 7) is 2.61. The molecule has 28 heavy (non-hydrogen) atoms. The second kappa shape index (κ2) is 7.67. The Morgan fingerprint density at radius 1 is 1.36 bits per heavy atom. The molecule has 2 aromatic heterocycles. The van der Waals surface area contributed by atoms with Gasteiger partial charge >= 0.3 is 6.09 Å². The largest absolute Gasteiger partial charge is 0.453 e. The maximum absolute atomic E-state index is 12.1. The molecule has 1 fully saturated rings. The molecule has 9 heteroatoms. The van der Waals surface area contributed by atoms with E-state index in [9.17, 15) is 4.79 Å². The van der Waals surface area contributed by atoms with Crippen molar-refractivity contribution in [2.75, 3.05) is 44.5 Å². The minimum atomic E-state index is -0.313. The van der Waals surface area contributed by atoms with Crippen LogP contribution in [0.25, 0.3) is 0 Å². The zero-order valence-electron chi connectivity index (χ0n) is 16.3. The first-order valence-corrected chi connectivity index (χ1v) is 9.54. The van der Waals surface area contributed by atoms with Crippen LogP contribution in [0.4, 0.5) is 22.1 Å². The van der Waals surface area contributed by atoms with Crippen LogP contribution in [0.15, 0.2) is 18.3 Å². The van der Waals surface area contributed by atoms with Crippen molar-refractivity contribution in [1.82, 2.24) is 19.7 Å². The number of nitrogens with two attached hydrogens (primary N) is 1. The van der Waals surface area contributed by atoms with Crippen LogP contribution in [0.3, 0.4) is 0 Å². The zero-order chi connectivity index (χ0) is 19.7. The van der Waals surface area contributed by atoms with Gasteiger partial charge in [0.05, 0.1) is 31.6 Å². The molecule has 0 unspecified atom stereocenters. The van der Waals surface area contributed by atoms with E-state index >= 15 is 0 Å². The molecule has 0 spiro atoms. The highest BCUT2D eigenvalue weighted by molar-refractivity contribution is 5.70. The summed E-state index contributed by atoms with van der Waals surface area (Å²) < 4.78 is 12.6. The summed E-state index contributed by atoms with van der Waals surface area (Å²) in [7, 11) is 3.37. The van der Waals surface area contributed by atoms with E-state index in [-0.39, 0.29) is 6.09 Å². The lowest BCUT2D eigenvalue weighted by Crippen LogP contribution is -2.37. The molecule has 0 radical (unpaired) electrons. The Kier molecular flexibility index (Phi) is 5.08.